The summed E-state index contributed by atoms with van der Waals surface area (Å²) >= 11 is 0. The minimum absolute atomic E-state index is 0.0634. The van der Waals surface area contributed by atoms with E-state index in [0.29, 0.717) is 6.54 Å². The molecule has 3 N–H and O–H groups in total. The molecule has 0 saturated heterocycles. The molecule has 0 radical (unpaired) electrons. The third-order valence-electron chi connectivity index (χ3n) is 3.01. The maximum atomic E-state index is 13.9. The summed E-state index contributed by atoms with van der Waals surface area (Å²) in [5, 5.41) is 2.87. The summed E-state index contributed by atoms with van der Waals surface area (Å²) in [5.41, 5.74) is 4.03. The molecule has 1 aromatic carbocycles. The van der Waals surface area contributed by atoms with Gasteiger partial charge < -0.3 is 5.73 Å². The zero-order chi connectivity index (χ0) is 13.9. The highest BCUT2D eigenvalue weighted by Gasteiger charge is 2.35. The molecule has 0 heterocycles. The van der Waals surface area contributed by atoms with Crippen LogP contribution in [0, 0.1) is 18.6 Å². The smallest absolute Gasteiger partial charge is 0.242 e. The first-order chi connectivity index (χ1) is 8.32. The lowest BCUT2D eigenvalue weighted by Crippen LogP contribution is -2.51. The molecule has 0 bridgehead atoms. The predicted octanol–water partition coefficient (Wildman–Crippen LogP) is 1.97. The van der Waals surface area contributed by atoms with Gasteiger partial charge in [-0.1, -0.05) is 6.92 Å². The monoisotopic (exact) mass is 256 g/mol. The fourth-order valence-electron chi connectivity index (χ4n) is 1.72. The summed E-state index contributed by atoms with van der Waals surface area (Å²) in [4.78, 5) is 11.5. The Morgan fingerprint density at radius 3 is 2.50 bits per heavy atom. The van der Waals surface area contributed by atoms with Gasteiger partial charge in [-0.05, 0) is 44.5 Å². The molecule has 1 unspecified atom stereocenters. The molecular weight excluding hydrogens is 238 g/mol. The van der Waals surface area contributed by atoms with Crippen molar-refractivity contribution in [1.29, 1.82) is 0 Å². The first-order valence-electron chi connectivity index (χ1n) is 5.84. The van der Waals surface area contributed by atoms with Gasteiger partial charge in [0.15, 0.2) is 0 Å². The van der Waals surface area contributed by atoms with Gasteiger partial charge in [0.2, 0.25) is 5.91 Å². The van der Waals surface area contributed by atoms with Crippen LogP contribution in [0.1, 0.15) is 31.4 Å². The molecule has 100 valence electrons. The molecule has 5 heteroatoms. The zero-order valence-electron chi connectivity index (χ0n) is 10.8. The topological polar surface area (TPSA) is 55.1 Å². The van der Waals surface area contributed by atoms with Crippen LogP contribution in [0.15, 0.2) is 12.1 Å². The van der Waals surface area contributed by atoms with Crippen molar-refractivity contribution in [2.45, 2.75) is 32.7 Å². The van der Waals surface area contributed by atoms with Crippen molar-refractivity contribution < 1.29 is 13.6 Å². The zero-order valence-corrected chi connectivity index (χ0v) is 10.8. The number of nitrogens with two attached hydrogens (primary N) is 1. The molecule has 18 heavy (non-hydrogen) atoms. The van der Waals surface area contributed by atoms with E-state index >= 15 is 0 Å². The summed E-state index contributed by atoms with van der Waals surface area (Å²) in [6, 6.07) is 2.09. The Morgan fingerprint density at radius 1 is 1.39 bits per heavy atom. The Labute approximate surface area is 105 Å². The minimum atomic E-state index is -1.41. The molecule has 0 aromatic heterocycles. The largest absolute Gasteiger partial charge is 0.368 e. The number of benzene rings is 1. The van der Waals surface area contributed by atoms with Crippen molar-refractivity contribution in [3.8, 4) is 0 Å². The molecule has 1 amide bonds. The third kappa shape index (κ3) is 2.67. The van der Waals surface area contributed by atoms with Crippen LogP contribution in [-0.4, -0.2) is 12.5 Å². The van der Waals surface area contributed by atoms with Crippen LogP contribution in [-0.2, 0) is 10.3 Å². The van der Waals surface area contributed by atoms with E-state index in [1.54, 1.807) is 0 Å². The van der Waals surface area contributed by atoms with Gasteiger partial charge in [0.25, 0.3) is 0 Å². The van der Waals surface area contributed by atoms with E-state index in [-0.39, 0.29) is 11.1 Å². The van der Waals surface area contributed by atoms with E-state index in [2.05, 4.69) is 5.32 Å². The van der Waals surface area contributed by atoms with Crippen molar-refractivity contribution in [2.75, 3.05) is 6.54 Å². The molecule has 0 spiro atoms. The lowest BCUT2D eigenvalue weighted by Gasteiger charge is -2.28. The number of hydrogen-bond donors (Lipinski definition) is 2. The lowest BCUT2D eigenvalue weighted by molar-refractivity contribution is -0.124. The number of carbonyl (C=O) groups excluding carboxylic acids is 1. The van der Waals surface area contributed by atoms with Gasteiger partial charge in [-0.3, -0.25) is 10.1 Å². The highest BCUT2D eigenvalue weighted by molar-refractivity contribution is 5.85. The number of rotatable bonds is 5. The van der Waals surface area contributed by atoms with Crippen LogP contribution >= 0.6 is 0 Å². The molecule has 1 atom stereocenters. The molecule has 3 nitrogen and oxygen atoms in total. The predicted molar refractivity (Wildman–Crippen MR) is 65.9 cm³/mol. The number of halogens is 2. The second-order valence-corrected chi connectivity index (χ2v) is 4.50. The molecule has 0 saturated carbocycles. The van der Waals surface area contributed by atoms with Gasteiger partial charge in [-0.25, -0.2) is 8.78 Å². The van der Waals surface area contributed by atoms with Crippen molar-refractivity contribution in [3.63, 3.8) is 0 Å². The quantitative estimate of drug-likeness (QED) is 0.846. The Morgan fingerprint density at radius 2 is 2.00 bits per heavy atom. The number of nitrogens with one attached hydrogen (secondary N) is 1. The number of hydrogen-bond acceptors (Lipinski definition) is 2. The average Bonchev–Trinajstić information content (AvgIpc) is 2.30. The van der Waals surface area contributed by atoms with E-state index in [0.717, 1.165) is 18.6 Å². The Bertz CT molecular complexity index is 463. The third-order valence-corrected chi connectivity index (χ3v) is 3.01. The maximum Gasteiger partial charge on any atom is 0.242 e. The van der Waals surface area contributed by atoms with Gasteiger partial charge in [0.05, 0.1) is 0 Å². The molecule has 1 rings (SSSR count). The first-order valence-corrected chi connectivity index (χ1v) is 5.84. The molecule has 0 fully saturated rings. The fourth-order valence-corrected chi connectivity index (χ4v) is 1.72. The summed E-state index contributed by atoms with van der Waals surface area (Å²) in [6.07, 6.45) is 0.749. The maximum absolute atomic E-state index is 13.9. The van der Waals surface area contributed by atoms with E-state index in [1.807, 2.05) is 6.92 Å². The van der Waals surface area contributed by atoms with Crippen LogP contribution in [0.4, 0.5) is 8.78 Å². The minimum Gasteiger partial charge on any atom is -0.368 e. The van der Waals surface area contributed by atoms with Crippen LogP contribution in [0.5, 0.6) is 0 Å². The van der Waals surface area contributed by atoms with Crippen molar-refractivity contribution >= 4 is 5.91 Å². The highest BCUT2D eigenvalue weighted by Crippen LogP contribution is 2.26. The Balaban J connectivity index is 3.29. The lowest BCUT2D eigenvalue weighted by atomic mass is 9.89. The fraction of sp³-hybridized carbons (Fsp3) is 0.462. The van der Waals surface area contributed by atoms with E-state index < -0.39 is 23.1 Å². The van der Waals surface area contributed by atoms with Crippen LogP contribution in [0.2, 0.25) is 0 Å². The number of primary amides is 1. The molecule has 0 aliphatic rings. The SMILES string of the molecule is CCCNC(C)(C(N)=O)c1cc(F)c(C)cc1F. The van der Waals surface area contributed by atoms with Crippen LogP contribution in [0.25, 0.3) is 0 Å². The summed E-state index contributed by atoms with van der Waals surface area (Å²) in [7, 11) is 0. The van der Waals surface area contributed by atoms with Crippen molar-refractivity contribution in [2.24, 2.45) is 5.73 Å². The van der Waals surface area contributed by atoms with E-state index in [4.69, 9.17) is 5.73 Å². The normalized spacial score (nSPS) is 14.3. The number of aryl methyl sites for hydroxylation is 1. The second kappa shape index (κ2) is 5.44. The van der Waals surface area contributed by atoms with Gasteiger partial charge in [-0.15, -0.1) is 0 Å². The van der Waals surface area contributed by atoms with Gasteiger partial charge in [-0.2, -0.15) is 0 Å². The van der Waals surface area contributed by atoms with Gasteiger partial charge in [0.1, 0.15) is 17.2 Å². The van der Waals surface area contributed by atoms with Gasteiger partial charge in [0, 0.05) is 5.56 Å². The summed E-state index contributed by atoms with van der Waals surface area (Å²) in [5.74, 6) is -1.94. The average molecular weight is 256 g/mol. The summed E-state index contributed by atoms with van der Waals surface area (Å²) in [6.45, 7) is 5.30. The molecule has 0 aliphatic carbocycles. The number of amides is 1. The van der Waals surface area contributed by atoms with E-state index in [1.165, 1.54) is 13.8 Å². The standard InChI is InChI=1S/C13H18F2N2O/c1-4-5-17-13(3,12(16)18)9-7-10(14)8(2)6-11(9)15/h6-7,17H,4-5H2,1-3H3,(H2,16,18). The first kappa shape index (κ1) is 14.6. The number of carbonyl (C=O) groups is 1. The van der Waals surface area contributed by atoms with Crippen molar-refractivity contribution in [3.05, 3.63) is 34.9 Å². The van der Waals surface area contributed by atoms with Gasteiger partial charge >= 0.3 is 0 Å². The molecule has 0 aliphatic heterocycles. The molecule has 1 aromatic rings. The second-order valence-electron chi connectivity index (χ2n) is 4.50. The molecular formula is C13H18F2N2O. The van der Waals surface area contributed by atoms with Crippen LogP contribution in [0.3, 0.4) is 0 Å². The Hall–Kier alpha value is -1.49. The van der Waals surface area contributed by atoms with E-state index in [9.17, 15) is 13.6 Å². The van der Waals surface area contributed by atoms with Crippen LogP contribution < -0.4 is 11.1 Å². The summed E-state index contributed by atoms with van der Waals surface area (Å²) < 4.78 is 27.4. The highest BCUT2D eigenvalue weighted by atomic mass is 19.1. The van der Waals surface area contributed by atoms with Crippen molar-refractivity contribution in [1.82, 2.24) is 5.32 Å². The Kier molecular flexibility index (Phi) is 4.40.